The van der Waals surface area contributed by atoms with Crippen molar-refractivity contribution in [1.29, 1.82) is 0 Å². The molecule has 1 heterocycles. The molecule has 0 unspecified atom stereocenters. The first-order valence-corrected chi connectivity index (χ1v) is 5.52. The van der Waals surface area contributed by atoms with Crippen LogP contribution in [0.25, 0.3) is 0 Å². The van der Waals surface area contributed by atoms with Crippen molar-refractivity contribution in [3.8, 4) is 0 Å². The van der Waals surface area contributed by atoms with Gasteiger partial charge in [0.05, 0.1) is 0 Å². The van der Waals surface area contributed by atoms with Gasteiger partial charge >= 0.3 is 5.97 Å². The van der Waals surface area contributed by atoms with Gasteiger partial charge in [-0.1, -0.05) is 13.8 Å². The van der Waals surface area contributed by atoms with Crippen LogP contribution in [0.2, 0.25) is 0 Å². The summed E-state index contributed by atoms with van der Waals surface area (Å²) in [7, 11) is 0. The lowest BCUT2D eigenvalue weighted by Gasteiger charge is -2.10. The van der Waals surface area contributed by atoms with Gasteiger partial charge in [0, 0.05) is 18.3 Å². The van der Waals surface area contributed by atoms with Crippen molar-refractivity contribution < 1.29 is 9.90 Å². The standard InChI is InChI=1S/C12H18N2O2/c1-8(2)6-11-10(4-5-12(15)16)7-13-9(3)14-11/h7-8H,4-6H2,1-3H3,(H,15,16). The van der Waals surface area contributed by atoms with E-state index in [0.717, 1.165) is 23.5 Å². The van der Waals surface area contributed by atoms with Crippen molar-refractivity contribution in [3.63, 3.8) is 0 Å². The van der Waals surface area contributed by atoms with Crippen LogP contribution in [0.1, 0.15) is 37.4 Å². The smallest absolute Gasteiger partial charge is 0.303 e. The summed E-state index contributed by atoms with van der Waals surface area (Å²) in [5.41, 5.74) is 1.95. The summed E-state index contributed by atoms with van der Waals surface area (Å²) in [6.45, 7) is 6.10. The first-order valence-electron chi connectivity index (χ1n) is 5.52. The maximum Gasteiger partial charge on any atom is 0.303 e. The summed E-state index contributed by atoms with van der Waals surface area (Å²) in [6.07, 6.45) is 3.27. The van der Waals surface area contributed by atoms with Crippen LogP contribution in [0.5, 0.6) is 0 Å². The Labute approximate surface area is 95.7 Å². The normalized spacial score (nSPS) is 10.8. The number of rotatable bonds is 5. The molecule has 0 aromatic carbocycles. The molecule has 0 aliphatic carbocycles. The molecule has 0 bridgehead atoms. The van der Waals surface area contributed by atoms with Crippen LogP contribution in [0.4, 0.5) is 0 Å². The maximum atomic E-state index is 10.5. The molecular formula is C12H18N2O2. The quantitative estimate of drug-likeness (QED) is 0.827. The Morgan fingerprint density at radius 2 is 2.19 bits per heavy atom. The highest BCUT2D eigenvalue weighted by Gasteiger charge is 2.09. The topological polar surface area (TPSA) is 63.1 Å². The van der Waals surface area contributed by atoms with E-state index in [1.54, 1.807) is 6.20 Å². The molecule has 0 aliphatic heterocycles. The lowest BCUT2D eigenvalue weighted by Crippen LogP contribution is -2.07. The van der Waals surface area contributed by atoms with Gasteiger partial charge in [-0.2, -0.15) is 0 Å². The second kappa shape index (κ2) is 5.58. The lowest BCUT2D eigenvalue weighted by molar-refractivity contribution is -0.136. The number of hydrogen-bond acceptors (Lipinski definition) is 3. The minimum Gasteiger partial charge on any atom is -0.481 e. The first-order chi connectivity index (χ1) is 7.49. The van der Waals surface area contributed by atoms with E-state index in [2.05, 4.69) is 23.8 Å². The van der Waals surface area contributed by atoms with Crippen LogP contribution in [0.3, 0.4) is 0 Å². The Hall–Kier alpha value is -1.45. The molecule has 1 aromatic heterocycles. The van der Waals surface area contributed by atoms with E-state index < -0.39 is 5.97 Å². The van der Waals surface area contributed by atoms with Gasteiger partial charge in [-0.05, 0) is 31.2 Å². The van der Waals surface area contributed by atoms with Crippen LogP contribution in [-0.4, -0.2) is 21.0 Å². The SMILES string of the molecule is Cc1ncc(CCC(=O)O)c(CC(C)C)n1. The fourth-order valence-electron chi connectivity index (χ4n) is 1.56. The largest absolute Gasteiger partial charge is 0.481 e. The van der Waals surface area contributed by atoms with Crippen molar-refractivity contribution in [2.24, 2.45) is 5.92 Å². The minimum absolute atomic E-state index is 0.136. The third kappa shape index (κ3) is 3.96. The van der Waals surface area contributed by atoms with Crippen LogP contribution in [-0.2, 0) is 17.6 Å². The molecule has 88 valence electrons. The molecule has 1 aromatic rings. The number of carboxylic acid groups (broad SMARTS) is 1. The number of aryl methyl sites for hydroxylation is 2. The summed E-state index contributed by atoms with van der Waals surface area (Å²) >= 11 is 0. The summed E-state index contributed by atoms with van der Waals surface area (Å²) in [4.78, 5) is 19.0. The first kappa shape index (κ1) is 12.6. The van der Waals surface area contributed by atoms with E-state index in [1.807, 2.05) is 6.92 Å². The molecule has 0 fully saturated rings. The summed E-state index contributed by atoms with van der Waals surface area (Å²) in [5, 5.41) is 8.66. The molecule has 0 saturated carbocycles. The van der Waals surface area contributed by atoms with Gasteiger partial charge in [0.25, 0.3) is 0 Å². The zero-order valence-electron chi connectivity index (χ0n) is 10.0. The van der Waals surface area contributed by atoms with Gasteiger partial charge in [-0.15, -0.1) is 0 Å². The Morgan fingerprint density at radius 3 is 2.75 bits per heavy atom. The van der Waals surface area contributed by atoms with Crippen LogP contribution in [0.15, 0.2) is 6.20 Å². The van der Waals surface area contributed by atoms with E-state index in [4.69, 9.17) is 5.11 Å². The molecule has 1 N–H and O–H groups in total. The summed E-state index contributed by atoms with van der Waals surface area (Å²) in [5.74, 6) is 0.476. The number of aromatic nitrogens is 2. The minimum atomic E-state index is -0.781. The predicted molar refractivity (Wildman–Crippen MR) is 61.3 cm³/mol. The number of carboxylic acids is 1. The molecule has 0 radical (unpaired) electrons. The number of hydrogen-bond donors (Lipinski definition) is 1. The molecule has 0 amide bonds. The fourth-order valence-corrected chi connectivity index (χ4v) is 1.56. The number of aliphatic carboxylic acids is 1. The highest BCUT2D eigenvalue weighted by molar-refractivity contribution is 5.67. The van der Waals surface area contributed by atoms with E-state index in [-0.39, 0.29) is 6.42 Å². The average Bonchev–Trinajstić information content (AvgIpc) is 2.15. The average molecular weight is 222 g/mol. The van der Waals surface area contributed by atoms with Crippen LogP contribution < -0.4 is 0 Å². The maximum absolute atomic E-state index is 10.5. The van der Waals surface area contributed by atoms with Gasteiger partial charge in [-0.3, -0.25) is 4.79 Å². The van der Waals surface area contributed by atoms with Crippen molar-refractivity contribution in [2.45, 2.75) is 40.0 Å². The molecule has 4 nitrogen and oxygen atoms in total. The highest BCUT2D eigenvalue weighted by atomic mass is 16.4. The van der Waals surface area contributed by atoms with Crippen LogP contribution >= 0.6 is 0 Å². The van der Waals surface area contributed by atoms with Gasteiger partial charge in [-0.25, -0.2) is 9.97 Å². The van der Waals surface area contributed by atoms with Crippen molar-refractivity contribution in [1.82, 2.24) is 9.97 Å². The van der Waals surface area contributed by atoms with Crippen molar-refractivity contribution in [3.05, 3.63) is 23.3 Å². The molecule has 0 aliphatic rings. The van der Waals surface area contributed by atoms with E-state index in [9.17, 15) is 4.79 Å². The third-order valence-corrected chi connectivity index (χ3v) is 2.28. The summed E-state index contributed by atoms with van der Waals surface area (Å²) < 4.78 is 0. The van der Waals surface area contributed by atoms with E-state index >= 15 is 0 Å². The highest BCUT2D eigenvalue weighted by Crippen LogP contribution is 2.13. The van der Waals surface area contributed by atoms with Gasteiger partial charge in [0.1, 0.15) is 5.82 Å². The molecule has 0 saturated heterocycles. The fraction of sp³-hybridized carbons (Fsp3) is 0.583. The van der Waals surface area contributed by atoms with Crippen molar-refractivity contribution in [2.75, 3.05) is 0 Å². The second-order valence-corrected chi connectivity index (χ2v) is 4.38. The Morgan fingerprint density at radius 1 is 1.50 bits per heavy atom. The van der Waals surface area contributed by atoms with E-state index in [0.29, 0.717) is 12.3 Å². The molecular weight excluding hydrogens is 204 g/mol. The van der Waals surface area contributed by atoms with Gasteiger partial charge < -0.3 is 5.11 Å². The summed E-state index contributed by atoms with van der Waals surface area (Å²) in [6, 6.07) is 0. The van der Waals surface area contributed by atoms with E-state index in [1.165, 1.54) is 0 Å². The zero-order valence-corrected chi connectivity index (χ0v) is 10.0. The Bertz CT molecular complexity index is 375. The zero-order chi connectivity index (χ0) is 12.1. The van der Waals surface area contributed by atoms with Crippen LogP contribution in [0, 0.1) is 12.8 Å². The third-order valence-electron chi connectivity index (χ3n) is 2.28. The van der Waals surface area contributed by atoms with Gasteiger partial charge in [0.2, 0.25) is 0 Å². The molecule has 0 spiro atoms. The predicted octanol–water partition coefficient (Wildman–Crippen LogP) is 2.00. The molecule has 4 heteroatoms. The lowest BCUT2D eigenvalue weighted by atomic mass is 10.0. The second-order valence-electron chi connectivity index (χ2n) is 4.38. The molecule has 1 rings (SSSR count). The molecule has 0 atom stereocenters. The molecule has 16 heavy (non-hydrogen) atoms. The van der Waals surface area contributed by atoms with Gasteiger partial charge in [0.15, 0.2) is 0 Å². The number of carbonyl (C=O) groups is 1. The Balaban J connectivity index is 2.84. The monoisotopic (exact) mass is 222 g/mol. The Kier molecular flexibility index (Phi) is 4.40. The number of nitrogens with zero attached hydrogens (tertiary/aromatic N) is 2. The van der Waals surface area contributed by atoms with Crippen molar-refractivity contribution >= 4 is 5.97 Å².